The van der Waals surface area contributed by atoms with Gasteiger partial charge >= 0.3 is 0 Å². The first kappa shape index (κ1) is 9.60. The third-order valence-electron chi connectivity index (χ3n) is 2.46. The molecule has 0 aliphatic heterocycles. The molecular formula is C12H13N3. The van der Waals surface area contributed by atoms with E-state index in [1.807, 2.05) is 10.8 Å². The van der Waals surface area contributed by atoms with Crippen molar-refractivity contribution < 1.29 is 0 Å². The summed E-state index contributed by atoms with van der Waals surface area (Å²) in [6, 6.07) is 2.09. The van der Waals surface area contributed by atoms with E-state index in [4.69, 9.17) is 12.2 Å². The van der Waals surface area contributed by atoms with Gasteiger partial charge in [-0.3, -0.25) is 0 Å². The number of nitrogens with two attached hydrogens (primary N) is 1. The molecule has 2 aromatic heterocycles. The lowest BCUT2D eigenvalue weighted by atomic mass is 10.2. The minimum absolute atomic E-state index is 0.323. The van der Waals surface area contributed by atoms with Gasteiger partial charge in [-0.1, -0.05) is 5.92 Å². The Balaban J connectivity index is 2.89. The van der Waals surface area contributed by atoms with Crippen LogP contribution in [0.4, 0.5) is 5.69 Å². The summed E-state index contributed by atoms with van der Waals surface area (Å²) in [5.74, 6) is 2.65. The van der Waals surface area contributed by atoms with Gasteiger partial charge in [0.1, 0.15) is 5.65 Å². The molecule has 0 aliphatic rings. The monoisotopic (exact) mass is 199 g/mol. The third-order valence-corrected chi connectivity index (χ3v) is 2.46. The predicted octanol–water partition coefficient (Wildman–Crippen LogP) is 2.18. The van der Waals surface area contributed by atoms with Crippen LogP contribution in [0.1, 0.15) is 25.5 Å². The maximum atomic E-state index is 5.90. The number of nitrogen functional groups attached to an aromatic ring is 1. The van der Waals surface area contributed by atoms with E-state index in [9.17, 15) is 0 Å². The van der Waals surface area contributed by atoms with Gasteiger partial charge in [-0.2, -0.15) is 0 Å². The lowest BCUT2D eigenvalue weighted by Gasteiger charge is -2.07. The van der Waals surface area contributed by atoms with Gasteiger partial charge in [0.2, 0.25) is 0 Å². The molecule has 2 N–H and O–H groups in total. The summed E-state index contributed by atoms with van der Waals surface area (Å²) in [5.41, 5.74) is 8.25. The minimum atomic E-state index is 0.323. The summed E-state index contributed by atoms with van der Waals surface area (Å²) in [7, 11) is 0. The summed E-state index contributed by atoms with van der Waals surface area (Å²) in [4.78, 5) is 4.32. The highest BCUT2D eigenvalue weighted by Gasteiger charge is 2.12. The van der Waals surface area contributed by atoms with Crippen LogP contribution in [0.2, 0.25) is 0 Å². The molecule has 3 heteroatoms. The number of anilines is 1. The molecule has 0 saturated heterocycles. The molecule has 0 aromatic carbocycles. The number of nitrogens with zero attached hydrogens (tertiary/aromatic N) is 2. The van der Waals surface area contributed by atoms with Gasteiger partial charge in [0.05, 0.1) is 10.9 Å². The van der Waals surface area contributed by atoms with E-state index in [1.165, 1.54) is 0 Å². The Bertz CT molecular complexity index is 544. The highest BCUT2D eigenvalue weighted by Crippen LogP contribution is 2.26. The Morgan fingerprint density at radius 1 is 1.53 bits per heavy atom. The largest absolute Gasteiger partial charge is 0.398 e. The Morgan fingerprint density at radius 2 is 2.27 bits per heavy atom. The molecule has 15 heavy (non-hydrogen) atoms. The van der Waals surface area contributed by atoms with Crippen molar-refractivity contribution in [3.8, 4) is 12.3 Å². The van der Waals surface area contributed by atoms with Crippen molar-refractivity contribution in [3.63, 3.8) is 0 Å². The van der Waals surface area contributed by atoms with E-state index < -0.39 is 0 Å². The smallest absolute Gasteiger partial charge is 0.143 e. The van der Waals surface area contributed by atoms with Crippen LogP contribution in [0, 0.1) is 12.3 Å². The van der Waals surface area contributed by atoms with Gasteiger partial charge in [-0.25, -0.2) is 4.98 Å². The van der Waals surface area contributed by atoms with Crippen molar-refractivity contribution in [2.75, 3.05) is 5.73 Å². The lowest BCUT2D eigenvalue weighted by molar-refractivity contribution is 0.617. The van der Waals surface area contributed by atoms with Crippen molar-refractivity contribution in [2.45, 2.75) is 19.9 Å². The van der Waals surface area contributed by atoms with E-state index in [0.717, 1.165) is 16.6 Å². The van der Waals surface area contributed by atoms with Gasteiger partial charge < -0.3 is 10.3 Å². The number of hydrogen-bond donors (Lipinski definition) is 1. The van der Waals surface area contributed by atoms with Crippen LogP contribution in [-0.4, -0.2) is 9.55 Å². The van der Waals surface area contributed by atoms with Crippen LogP contribution in [0.15, 0.2) is 18.5 Å². The van der Waals surface area contributed by atoms with Gasteiger partial charge in [0.15, 0.2) is 0 Å². The normalized spacial score (nSPS) is 10.8. The summed E-state index contributed by atoms with van der Waals surface area (Å²) >= 11 is 0. The molecule has 3 nitrogen and oxygen atoms in total. The molecule has 0 unspecified atom stereocenters. The zero-order valence-corrected chi connectivity index (χ0v) is 8.86. The van der Waals surface area contributed by atoms with Crippen LogP contribution < -0.4 is 5.73 Å². The zero-order chi connectivity index (χ0) is 11.0. The Morgan fingerprint density at radius 3 is 2.87 bits per heavy atom. The molecule has 0 aliphatic carbocycles. The first-order chi connectivity index (χ1) is 7.15. The Hall–Kier alpha value is -1.95. The summed E-state index contributed by atoms with van der Waals surface area (Å²) in [5, 5.41) is 0.883. The summed E-state index contributed by atoms with van der Waals surface area (Å²) in [6.07, 6.45) is 9.09. The van der Waals surface area contributed by atoms with E-state index in [0.29, 0.717) is 11.7 Å². The standard InChI is InChI=1S/C12H13N3/c1-4-9-7-15(8(2)3)12-11(9)10(13)5-6-14-12/h1,5-8H,2-3H3,(H2,13,14). The minimum Gasteiger partial charge on any atom is -0.398 e. The predicted molar refractivity (Wildman–Crippen MR) is 62.5 cm³/mol. The molecule has 0 radical (unpaired) electrons. The molecule has 0 atom stereocenters. The molecule has 2 rings (SSSR count). The van der Waals surface area contributed by atoms with Gasteiger partial charge in [-0.05, 0) is 19.9 Å². The second-order valence-electron chi connectivity index (χ2n) is 3.79. The fourth-order valence-electron chi connectivity index (χ4n) is 1.70. The van der Waals surface area contributed by atoms with E-state index in [2.05, 4.69) is 24.8 Å². The van der Waals surface area contributed by atoms with Crippen LogP contribution in [0.25, 0.3) is 11.0 Å². The quantitative estimate of drug-likeness (QED) is 0.715. The molecule has 0 bridgehead atoms. The van der Waals surface area contributed by atoms with E-state index in [-0.39, 0.29) is 0 Å². The van der Waals surface area contributed by atoms with Crippen LogP contribution in [0.5, 0.6) is 0 Å². The molecular weight excluding hydrogens is 186 g/mol. The van der Waals surface area contributed by atoms with Crippen molar-refractivity contribution in [3.05, 3.63) is 24.0 Å². The molecule has 2 aromatic rings. The van der Waals surface area contributed by atoms with Gasteiger partial charge in [0.25, 0.3) is 0 Å². The maximum absolute atomic E-state index is 5.90. The molecule has 2 heterocycles. The second-order valence-corrected chi connectivity index (χ2v) is 3.79. The first-order valence-corrected chi connectivity index (χ1v) is 4.86. The Labute approximate surface area is 88.9 Å². The molecule has 76 valence electrons. The fourth-order valence-corrected chi connectivity index (χ4v) is 1.70. The topological polar surface area (TPSA) is 43.8 Å². The molecule has 0 amide bonds. The molecule has 0 saturated carbocycles. The van der Waals surface area contributed by atoms with Crippen LogP contribution in [-0.2, 0) is 0 Å². The summed E-state index contributed by atoms with van der Waals surface area (Å²) in [6.45, 7) is 4.18. The van der Waals surface area contributed by atoms with Crippen molar-refractivity contribution >= 4 is 16.7 Å². The first-order valence-electron chi connectivity index (χ1n) is 4.86. The number of fused-ring (bicyclic) bond motifs is 1. The highest BCUT2D eigenvalue weighted by atomic mass is 15.0. The lowest BCUT2D eigenvalue weighted by Crippen LogP contribution is -1.99. The highest BCUT2D eigenvalue weighted by molar-refractivity contribution is 5.94. The van der Waals surface area contributed by atoms with E-state index >= 15 is 0 Å². The SMILES string of the molecule is C#Cc1cn(C(C)C)c2nccc(N)c12. The summed E-state index contributed by atoms with van der Waals surface area (Å²) < 4.78 is 2.04. The van der Waals surface area contributed by atoms with Gasteiger partial charge in [0, 0.05) is 24.1 Å². The number of terminal acetylenes is 1. The average molecular weight is 199 g/mol. The van der Waals surface area contributed by atoms with E-state index in [1.54, 1.807) is 12.3 Å². The third kappa shape index (κ3) is 1.35. The zero-order valence-electron chi connectivity index (χ0n) is 8.86. The number of rotatable bonds is 1. The molecule has 0 fully saturated rings. The number of aromatic nitrogens is 2. The molecule has 0 spiro atoms. The van der Waals surface area contributed by atoms with Crippen molar-refractivity contribution in [1.82, 2.24) is 9.55 Å². The van der Waals surface area contributed by atoms with Crippen LogP contribution in [0.3, 0.4) is 0 Å². The number of hydrogen-bond acceptors (Lipinski definition) is 2. The van der Waals surface area contributed by atoms with Crippen molar-refractivity contribution in [1.29, 1.82) is 0 Å². The Kier molecular flexibility index (Phi) is 2.12. The van der Waals surface area contributed by atoms with Gasteiger partial charge in [-0.15, -0.1) is 6.42 Å². The fraction of sp³-hybridized carbons (Fsp3) is 0.250. The van der Waals surface area contributed by atoms with Crippen LogP contribution >= 0.6 is 0 Å². The number of pyridine rings is 1. The second kappa shape index (κ2) is 3.32. The maximum Gasteiger partial charge on any atom is 0.143 e. The van der Waals surface area contributed by atoms with Crippen molar-refractivity contribution in [2.24, 2.45) is 0 Å². The average Bonchev–Trinajstić information content (AvgIpc) is 2.58.